The summed E-state index contributed by atoms with van der Waals surface area (Å²) in [7, 11) is -4.37. The summed E-state index contributed by atoms with van der Waals surface area (Å²) in [6.07, 6.45) is 37.0. The summed E-state index contributed by atoms with van der Waals surface area (Å²) in [4.78, 5) is 34.8. The maximum absolute atomic E-state index is 12.6. The van der Waals surface area contributed by atoms with Crippen molar-refractivity contribution in [2.75, 3.05) is 26.4 Å². The smallest absolute Gasteiger partial charge is 0.462 e. The number of hydrogen-bond donors (Lipinski definition) is 2. The summed E-state index contributed by atoms with van der Waals surface area (Å²) < 4.78 is 32.8. The van der Waals surface area contributed by atoms with Gasteiger partial charge in [0.15, 0.2) is 6.10 Å². The fraction of sp³-hybridized carbons (Fsp3) is 0.951. The van der Waals surface area contributed by atoms with Crippen molar-refractivity contribution in [3.05, 3.63) is 0 Å². The zero-order chi connectivity index (χ0) is 37.5. The number of carbonyl (C=O) groups is 2. The molecule has 52 heavy (non-hydrogen) atoms. The van der Waals surface area contributed by atoms with E-state index in [0.29, 0.717) is 6.42 Å². The van der Waals surface area contributed by atoms with Crippen LogP contribution in [0.2, 0.25) is 0 Å². The van der Waals surface area contributed by atoms with E-state index in [1.165, 1.54) is 154 Å². The second-order valence-corrected chi connectivity index (χ2v) is 16.0. The van der Waals surface area contributed by atoms with Crippen LogP contribution in [0, 0.1) is 0 Å². The minimum absolute atomic E-state index is 0. The number of nitrogens with two attached hydrogens (primary N) is 1. The molecule has 11 heteroatoms. The number of carbonyl (C=O) groups excluding carboxylic acids is 2. The van der Waals surface area contributed by atoms with Gasteiger partial charge >= 0.3 is 19.8 Å². The van der Waals surface area contributed by atoms with E-state index in [-0.39, 0.29) is 68.1 Å². The second-order valence-electron chi connectivity index (χ2n) is 14.6. The number of unbranched alkanes of at least 4 members (excludes halogenated alkanes) is 28. The molecule has 9 nitrogen and oxygen atoms in total. The molecule has 0 amide bonds. The summed E-state index contributed by atoms with van der Waals surface area (Å²) in [6, 6.07) is 0. The van der Waals surface area contributed by atoms with Gasteiger partial charge in [0.25, 0.3) is 0 Å². The predicted octanol–water partition coefficient (Wildman–Crippen LogP) is 11.7. The first-order chi connectivity index (χ1) is 24.8. The van der Waals surface area contributed by atoms with E-state index in [1.54, 1.807) is 0 Å². The quantitative estimate of drug-likeness (QED) is 0.0269. The Kier molecular flexibility index (Phi) is 43.9. The molecule has 0 aromatic heterocycles. The van der Waals surface area contributed by atoms with Crippen molar-refractivity contribution < 1.29 is 37.6 Å². The van der Waals surface area contributed by atoms with E-state index in [2.05, 4.69) is 13.8 Å². The van der Waals surface area contributed by atoms with Gasteiger partial charge in [-0.15, -0.1) is 0 Å². The van der Waals surface area contributed by atoms with Crippen LogP contribution in [0.3, 0.4) is 0 Å². The second kappa shape index (κ2) is 42.2. The zero-order valence-electron chi connectivity index (χ0n) is 34.4. The monoisotopic (exact) mass is 771 g/mol. The van der Waals surface area contributed by atoms with Crippen molar-refractivity contribution >= 4 is 49.3 Å². The van der Waals surface area contributed by atoms with E-state index < -0.39 is 26.5 Å². The van der Waals surface area contributed by atoms with Crippen molar-refractivity contribution in [3.8, 4) is 0 Å². The van der Waals surface area contributed by atoms with Gasteiger partial charge < -0.3 is 20.1 Å². The minimum Gasteiger partial charge on any atom is -0.462 e. The Labute approximate surface area is 342 Å². The van der Waals surface area contributed by atoms with Gasteiger partial charge in [-0.2, -0.15) is 0 Å². The predicted molar refractivity (Wildman–Crippen MR) is 216 cm³/mol. The Hall–Kier alpha value is 0.0100. The van der Waals surface area contributed by atoms with Gasteiger partial charge in [0.1, 0.15) is 6.61 Å². The first-order valence-corrected chi connectivity index (χ1v) is 23.0. The van der Waals surface area contributed by atoms with E-state index in [9.17, 15) is 19.0 Å². The van der Waals surface area contributed by atoms with Crippen LogP contribution >= 0.6 is 7.82 Å². The maximum atomic E-state index is 12.6. The number of ether oxygens (including phenoxy) is 2. The van der Waals surface area contributed by atoms with Gasteiger partial charge in [0, 0.05) is 48.9 Å². The summed E-state index contributed by atoms with van der Waals surface area (Å²) in [5.41, 5.74) is 5.34. The van der Waals surface area contributed by atoms with Gasteiger partial charge in [-0.3, -0.25) is 18.6 Å². The summed E-state index contributed by atoms with van der Waals surface area (Å²) in [5.74, 6) is -0.813. The Morgan fingerprint density at radius 3 is 1.19 bits per heavy atom. The van der Waals surface area contributed by atoms with Crippen molar-refractivity contribution in [2.45, 2.75) is 225 Å². The Bertz CT molecular complexity index is 822. The third-order valence-corrected chi connectivity index (χ3v) is 10.5. The van der Waals surface area contributed by atoms with Crippen LogP contribution in [0.25, 0.3) is 0 Å². The van der Waals surface area contributed by atoms with Crippen LogP contribution in [0.5, 0.6) is 0 Å². The third-order valence-electron chi connectivity index (χ3n) is 9.49. The number of phosphoric ester groups is 1. The molecular formula is C41H82NNaO8P. The molecule has 305 valence electrons. The van der Waals surface area contributed by atoms with E-state index in [0.717, 1.165) is 32.1 Å². The molecule has 0 aliphatic heterocycles. The molecule has 0 aromatic rings. The molecule has 0 saturated carbocycles. The van der Waals surface area contributed by atoms with E-state index in [4.69, 9.17) is 24.3 Å². The molecule has 2 atom stereocenters. The summed E-state index contributed by atoms with van der Waals surface area (Å²) in [5, 5.41) is 0. The van der Waals surface area contributed by atoms with Crippen molar-refractivity contribution in [1.29, 1.82) is 0 Å². The normalized spacial score (nSPS) is 13.0. The first-order valence-electron chi connectivity index (χ1n) is 21.5. The van der Waals surface area contributed by atoms with Crippen LogP contribution in [0.15, 0.2) is 0 Å². The summed E-state index contributed by atoms with van der Waals surface area (Å²) >= 11 is 0. The molecular weight excluding hydrogens is 688 g/mol. The average molecular weight is 771 g/mol. The third kappa shape index (κ3) is 41.2. The standard InChI is InChI=1S/C41H82NO8P.Na/c1-3-5-7-9-11-13-15-17-19-21-23-25-27-29-31-33-40(43)47-37-39(38-49-51(45,46)48-36-35-42)50-41(44)34-32-30-28-26-24-22-20-18-16-14-12-10-8-6-4-2;/h39H,3-38,42H2,1-2H3,(H,45,46);/t39-;/m1./s1. The molecule has 0 aliphatic carbocycles. The van der Waals surface area contributed by atoms with Crippen LogP contribution in [0.1, 0.15) is 219 Å². The minimum atomic E-state index is -4.37. The molecule has 0 aromatic carbocycles. The van der Waals surface area contributed by atoms with Gasteiger partial charge in [-0.1, -0.05) is 194 Å². The first kappa shape index (κ1) is 54.1. The number of esters is 2. The fourth-order valence-corrected chi connectivity index (χ4v) is 7.05. The zero-order valence-corrected chi connectivity index (χ0v) is 37.3. The number of hydrogen-bond acceptors (Lipinski definition) is 8. The van der Waals surface area contributed by atoms with Crippen molar-refractivity contribution in [1.82, 2.24) is 0 Å². The molecule has 0 aliphatic rings. The van der Waals surface area contributed by atoms with Gasteiger partial charge in [-0.05, 0) is 12.8 Å². The van der Waals surface area contributed by atoms with Crippen LogP contribution in [-0.4, -0.2) is 78.9 Å². The fourth-order valence-electron chi connectivity index (χ4n) is 6.28. The SMILES string of the molecule is CCCCCCCCCCCCCCCCCC(=O)OC[C@H](COP(=O)(O)OCCN)OC(=O)CCCCCCCCCCCCCCCCC.[Na]. The molecule has 1 radical (unpaired) electrons. The Morgan fingerprint density at radius 1 is 0.519 bits per heavy atom. The molecule has 0 heterocycles. The molecule has 0 saturated heterocycles. The number of phosphoric acid groups is 1. The molecule has 0 rings (SSSR count). The van der Waals surface area contributed by atoms with E-state index in [1.807, 2.05) is 0 Å². The summed E-state index contributed by atoms with van der Waals surface area (Å²) in [6.45, 7) is 3.77. The number of rotatable bonds is 41. The molecule has 0 spiro atoms. The largest absolute Gasteiger partial charge is 0.472 e. The molecule has 0 fully saturated rings. The van der Waals surface area contributed by atoms with Crippen LogP contribution in [-0.2, 0) is 32.7 Å². The van der Waals surface area contributed by atoms with Crippen molar-refractivity contribution in [2.24, 2.45) is 5.73 Å². The van der Waals surface area contributed by atoms with Gasteiger partial charge in [-0.25, -0.2) is 4.57 Å². The molecule has 1 unspecified atom stereocenters. The maximum Gasteiger partial charge on any atom is 0.472 e. The van der Waals surface area contributed by atoms with E-state index >= 15 is 0 Å². The van der Waals surface area contributed by atoms with Crippen molar-refractivity contribution in [3.63, 3.8) is 0 Å². The Morgan fingerprint density at radius 2 is 0.846 bits per heavy atom. The Balaban J connectivity index is 0. The van der Waals surface area contributed by atoms with Gasteiger partial charge in [0.2, 0.25) is 0 Å². The molecule has 3 N–H and O–H groups in total. The van der Waals surface area contributed by atoms with Gasteiger partial charge in [0.05, 0.1) is 13.2 Å². The average Bonchev–Trinajstić information content (AvgIpc) is 3.11. The van der Waals surface area contributed by atoms with Crippen LogP contribution in [0.4, 0.5) is 0 Å². The topological polar surface area (TPSA) is 134 Å². The molecule has 0 bridgehead atoms. The van der Waals surface area contributed by atoms with Crippen LogP contribution < -0.4 is 5.73 Å².